The summed E-state index contributed by atoms with van der Waals surface area (Å²) in [6, 6.07) is 10.2. The molecule has 146 valence electrons. The molecule has 0 saturated carbocycles. The highest BCUT2D eigenvalue weighted by Gasteiger charge is 2.15. The van der Waals surface area contributed by atoms with Crippen LogP contribution in [0.1, 0.15) is 6.42 Å². The first-order valence-corrected chi connectivity index (χ1v) is 9.40. The summed E-state index contributed by atoms with van der Waals surface area (Å²) in [6.07, 6.45) is 0.0949. The Hall–Kier alpha value is -2.45. The number of anilines is 2. The van der Waals surface area contributed by atoms with Crippen LogP contribution in [-0.4, -0.2) is 36.2 Å². The van der Waals surface area contributed by atoms with E-state index in [-0.39, 0.29) is 30.5 Å². The van der Waals surface area contributed by atoms with Crippen LogP contribution in [0.5, 0.6) is 17.2 Å². The van der Waals surface area contributed by atoms with Gasteiger partial charge in [0.2, 0.25) is 5.91 Å². The second-order valence-corrected chi connectivity index (χ2v) is 7.18. The highest BCUT2D eigenvalue weighted by Crippen LogP contribution is 2.32. The summed E-state index contributed by atoms with van der Waals surface area (Å²) in [5, 5.41) is 2.72. The van der Waals surface area contributed by atoms with Gasteiger partial charge in [-0.3, -0.25) is 9.00 Å². The predicted octanol–water partition coefficient (Wildman–Crippen LogP) is 2.61. The van der Waals surface area contributed by atoms with E-state index in [1.54, 1.807) is 36.4 Å². The van der Waals surface area contributed by atoms with Gasteiger partial charge in [0.1, 0.15) is 19.0 Å². The van der Waals surface area contributed by atoms with Gasteiger partial charge in [0.25, 0.3) is 0 Å². The fraction of sp³-hybridized carbons (Fsp3) is 0.278. The molecule has 2 aromatic rings. The number of hydrogen-bond acceptors (Lipinski definition) is 6. The van der Waals surface area contributed by atoms with Crippen molar-refractivity contribution < 1.29 is 23.2 Å². The molecule has 0 aliphatic carbocycles. The molecule has 0 bridgehead atoms. The lowest BCUT2D eigenvalue weighted by Gasteiger charge is -2.18. The third-order valence-electron chi connectivity index (χ3n) is 3.83. The number of nitrogens with one attached hydrogen (secondary N) is 1. The number of halogens is 1. The van der Waals surface area contributed by atoms with Crippen LogP contribution in [0, 0.1) is 0 Å². The second kappa shape index (κ2) is 9.48. The monoisotopic (exact) mass is 412 g/mol. The van der Waals surface area contributed by atoms with Gasteiger partial charge in [-0.25, -0.2) is 0 Å². The molecule has 3 rings (SSSR count). The van der Waals surface area contributed by atoms with Crippen molar-refractivity contribution >= 4 is 40.5 Å². The minimum Gasteiger partial charge on any atom is -0.497 e. The molecule has 0 radical (unpaired) electrons. The van der Waals surface area contributed by atoms with Crippen molar-refractivity contribution in [1.82, 2.24) is 0 Å². The van der Waals surface area contributed by atoms with Gasteiger partial charge in [-0.1, -0.05) is 0 Å². The summed E-state index contributed by atoms with van der Waals surface area (Å²) in [7, 11) is 0.212. The summed E-state index contributed by atoms with van der Waals surface area (Å²) < 4.78 is 28.5. The van der Waals surface area contributed by atoms with Crippen LogP contribution < -0.4 is 25.3 Å². The smallest absolute Gasteiger partial charge is 0.225 e. The van der Waals surface area contributed by atoms with E-state index < -0.39 is 10.8 Å². The zero-order valence-electron chi connectivity index (χ0n) is 14.7. The number of amides is 1. The van der Waals surface area contributed by atoms with Gasteiger partial charge >= 0.3 is 0 Å². The van der Waals surface area contributed by atoms with Gasteiger partial charge in [0.05, 0.1) is 29.3 Å². The predicted molar refractivity (Wildman–Crippen MR) is 107 cm³/mol. The first kappa shape index (κ1) is 20.9. The lowest BCUT2D eigenvalue weighted by atomic mass is 10.2. The molecule has 1 atom stereocenters. The van der Waals surface area contributed by atoms with Crippen molar-refractivity contribution in [3.8, 4) is 17.2 Å². The Morgan fingerprint density at radius 3 is 2.67 bits per heavy atom. The molecule has 1 aliphatic heterocycles. The number of methoxy groups -OCH3 is 1. The minimum absolute atomic E-state index is 0. The molecule has 27 heavy (non-hydrogen) atoms. The fourth-order valence-electron chi connectivity index (χ4n) is 2.45. The molecule has 0 spiro atoms. The average molecular weight is 413 g/mol. The van der Waals surface area contributed by atoms with E-state index in [1.165, 1.54) is 7.11 Å². The molecule has 0 saturated heterocycles. The maximum atomic E-state index is 12.4. The van der Waals surface area contributed by atoms with E-state index in [2.05, 4.69) is 5.32 Å². The third-order valence-corrected chi connectivity index (χ3v) is 5.18. The number of nitrogen functional groups attached to an aromatic ring is 1. The molecule has 1 aliphatic rings. The van der Waals surface area contributed by atoms with Crippen molar-refractivity contribution in [2.45, 2.75) is 11.3 Å². The number of carbonyl (C=O) groups excluding carboxylic acids is 1. The Bertz CT molecular complexity index is 846. The molecule has 7 nitrogen and oxygen atoms in total. The first-order valence-electron chi connectivity index (χ1n) is 8.08. The number of ether oxygens (including phenoxy) is 3. The van der Waals surface area contributed by atoms with Crippen LogP contribution in [0.4, 0.5) is 11.4 Å². The van der Waals surface area contributed by atoms with Crippen molar-refractivity contribution in [3.05, 3.63) is 36.4 Å². The molecule has 3 N–H and O–H groups in total. The van der Waals surface area contributed by atoms with Gasteiger partial charge in [0, 0.05) is 29.2 Å². The summed E-state index contributed by atoms with van der Waals surface area (Å²) in [5.41, 5.74) is 6.76. The largest absolute Gasteiger partial charge is 0.497 e. The van der Waals surface area contributed by atoms with E-state index in [0.717, 1.165) is 0 Å². The van der Waals surface area contributed by atoms with Crippen molar-refractivity contribution in [1.29, 1.82) is 0 Å². The third kappa shape index (κ3) is 5.27. The summed E-state index contributed by atoms with van der Waals surface area (Å²) in [6.45, 7) is 0.969. The Labute approximate surface area is 166 Å². The van der Waals surface area contributed by atoms with Gasteiger partial charge in [0.15, 0.2) is 11.5 Å². The number of rotatable bonds is 6. The van der Waals surface area contributed by atoms with E-state index in [9.17, 15) is 9.00 Å². The van der Waals surface area contributed by atoms with Crippen LogP contribution >= 0.6 is 12.4 Å². The molecule has 2 aromatic carbocycles. The maximum absolute atomic E-state index is 12.4. The van der Waals surface area contributed by atoms with E-state index in [0.29, 0.717) is 46.7 Å². The quantitative estimate of drug-likeness (QED) is 0.707. The molecule has 1 heterocycles. The molecule has 1 amide bonds. The Morgan fingerprint density at radius 2 is 1.93 bits per heavy atom. The Morgan fingerprint density at radius 1 is 1.19 bits per heavy atom. The highest BCUT2D eigenvalue weighted by atomic mass is 35.5. The van der Waals surface area contributed by atoms with E-state index >= 15 is 0 Å². The van der Waals surface area contributed by atoms with Gasteiger partial charge < -0.3 is 25.3 Å². The van der Waals surface area contributed by atoms with Crippen molar-refractivity contribution in [2.24, 2.45) is 0 Å². The zero-order chi connectivity index (χ0) is 18.5. The molecule has 0 aromatic heterocycles. The molecule has 1 unspecified atom stereocenters. The SMILES string of the molecule is COc1ccc(N)c(NC(=O)CCS(=O)c2ccc3c(c2)OCCO3)c1.Cl. The van der Waals surface area contributed by atoms with Crippen LogP contribution in [0.3, 0.4) is 0 Å². The number of carbonyl (C=O) groups is 1. The lowest BCUT2D eigenvalue weighted by Crippen LogP contribution is -2.17. The first-order chi connectivity index (χ1) is 12.6. The number of hydrogen-bond donors (Lipinski definition) is 2. The Balaban J connectivity index is 0.00000261. The summed E-state index contributed by atoms with van der Waals surface area (Å²) in [5.74, 6) is 1.74. The average Bonchev–Trinajstić information content (AvgIpc) is 2.67. The van der Waals surface area contributed by atoms with Crippen LogP contribution in [0.15, 0.2) is 41.3 Å². The number of fused-ring (bicyclic) bond motifs is 1. The van der Waals surface area contributed by atoms with Gasteiger partial charge in [-0.15, -0.1) is 12.4 Å². The van der Waals surface area contributed by atoms with Crippen LogP contribution in [-0.2, 0) is 15.6 Å². The molecule has 0 fully saturated rings. The number of nitrogens with two attached hydrogens (primary N) is 1. The van der Waals surface area contributed by atoms with Crippen LogP contribution in [0.2, 0.25) is 0 Å². The lowest BCUT2D eigenvalue weighted by molar-refractivity contribution is -0.115. The van der Waals surface area contributed by atoms with E-state index in [1.807, 2.05) is 0 Å². The van der Waals surface area contributed by atoms with Crippen molar-refractivity contribution in [3.63, 3.8) is 0 Å². The van der Waals surface area contributed by atoms with E-state index in [4.69, 9.17) is 19.9 Å². The normalized spacial score (nSPS) is 13.2. The topological polar surface area (TPSA) is 99.9 Å². The highest BCUT2D eigenvalue weighted by molar-refractivity contribution is 7.85. The summed E-state index contributed by atoms with van der Waals surface area (Å²) in [4.78, 5) is 12.7. The minimum atomic E-state index is -1.32. The van der Waals surface area contributed by atoms with Crippen LogP contribution in [0.25, 0.3) is 0 Å². The number of benzene rings is 2. The molecular weight excluding hydrogens is 392 g/mol. The van der Waals surface area contributed by atoms with Crippen molar-refractivity contribution in [2.75, 3.05) is 37.1 Å². The maximum Gasteiger partial charge on any atom is 0.225 e. The molecular formula is C18H21ClN2O5S. The van der Waals surface area contributed by atoms with Gasteiger partial charge in [-0.2, -0.15) is 0 Å². The summed E-state index contributed by atoms with van der Waals surface area (Å²) >= 11 is 0. The van der Waals surface area contributed by atoms with Gasteiger partial charge in [-0.05, 0) is 24.3 Å². The standard InChI is InChI=1S/C18H20N2O5S.ClH/c1-23-12-2-4-14(19)15(10-12)20-18(21)6-9-26(22)13-3-5-16-17(11-13)25-8-7-24-16;/h2-5,10-11H,6-9,19H2,1H3,(H,20,21);1H. The molecule has 9 heteroatoms. The zero-order valence-corrected chi connectivity index (χ0v) is 16.4. The second-order valence-electron chi connectivity index (χ2n) is 5.61. The Kier molecular flexibility index (Phi) is 7.32. The fourth-order valence-corrected chi connectivity index (χ4v) is 3.52.